The molecule has 0 spiro atoms. The van der Waals surface area contributed by atoms with Crippen molar-refractivity contribution in [2.24, 2.45) is 11.8 Å². The second-order valence-electron chi connectivity index (χ2n) is 4.99. The van der Waals surface area contributed by atoms with Gasteiger partial charge in [0.2, 0.25) is 0 Å². The van der Waals surface area contributed by atoms with Crippen molar-refractivity contribution in [2.75, 3.05) is 20.3 Å². The van der Waals surface area contributed by atoms with Crippen LogP contribution >= 0.6 is 0 Å². The maximum atomic E-state index is 11.8. The third-order valence-corrected chi connectivity index (χ3v) is 3.74. The van der Waals surface area contributed by atoms with E-state index in [2.05, 4.69) is 6.92 Å². The molecule has 100 valence electrons. The molecule has 0 aliphatic heterocycles. The Morgan fingerprint density at radius 3 is 2.35 bits per heavy atom. The zero-order valence-electron chi connectivity index (χ0n) is 11.2. The van der Waals surface area contributed by atoms with Crippen molar-refractivity contribution in [3.63, 3.8) is 0 Å². The third-order valence-electron chi connectivity index (χ3n) is 3.74. The van der Waals surface area contributed by atoms with E-state index in [4.69, 9.17) is 9.47 Å². The summed E-state index contributed by atoms with van der Waals surface area (Å²) in [6, 6.07) is 0. The zero-order valence-corrected chi connectivity index (χ0v) is 11.2. The van der Waals surface area contributed by atoms with Crippen LogP contribution in [0.3, 0.4) is 0 Å². The molecule has 3 heteroatoms. The number of esters is 1. The quantitative estimate of drug-likeness (QED) is 0.508. The number of methoxy groups -OCH3 is 1. The van der Waals surface area contributed by atoms with E-state index in [1.165, 1.54) is 19.3 Å². The summed E-state index contributed by atoms with van der Waals surface area (Å²) in [5.74, 6) is 1.03. The van der Waals surface area contributed by atoms with E-state index in [1.807, 2.05) is 0 Å². The highest BCUT2D eigenvalue weighted by Gasteiger charge is 2.26. The van der Waals surface area contributed by atoms with Crippen LogP contribution in [0, 0.1) is 11.8 Å². The number of rotatable bonds is 7. The molecule has 3 nitrogen and oxygen atoms in total. The molecule has 0 saturated heterocycles. The smallest absolute Gasteiger partial charge is 0.308 e. The molecule has 0 atom stereocenters. The predicted molar refractivity (Wildman–Crippen MR) is 67.8 cm³/mol. The number of ether oxygens (including phenoxy) is 2. The van der Waals surface area contributed by atoms with Crippen molar-refractivity contribution in [3.8, 4) is 0 Å². The van der Waals surface area contributed by atoms with E-state index >= 15 is 0 Å². The average Bonchev–Trinajstić information content (AvgIpc) is 2.38. The molecule has 17 heavy (non-hydrogen) atoms. The first-order valence-corrected chi connectivity index (χ1v) is 6.93. The SMILES string of the molecule is CCC1CCC(C(=O)OCCCCOC)CC1. The number of hydrogen-bond donors (Lipinski definition) is 0. The molecule has 0 unspecified atom stereocenters. The second-order valence-corrected chi connectivity index (χ2v) is 4.99. The lowest BCUT2D eigenvalue weighted by atomic mass is 9.81. The van der Waals surface area contributed by atoms with Gasteiger partial charge in [-0.15, -0.1) is 0 Å². The molecule has 0 heterocycles. The van der Waals surface area contributed by atoms with Gasteiger partial charge in [0.15, 0.2) is 0 Å². The first-order chi connectivity index (χ1) is 8.27. The molecule has 1 aliphatic carbocycles. The number of hydrogen-bond acceptors (Lipinski definition) is 3. The van der Waals surface area contributed by atoms with Gasteiger partial charge in [0.25, 0.3) is 0 Å². The topological polar surface area (TPSA) is 35.5 Å². The van der Waals surface area contributed by atoms with Crippen LogP contribution in [0.1, 0.15) is 51.9 Å². The molecular weight excluding hydrogens is 216 g/mol. The van der Waals surface area contributed by atoms with Crippen molar-refractivity contribution in [3.05, 3.63) is 0 Å². The zero-order chi connectivity index (χ0) is 12.5. The Bertz CT molecular complexity index is 208. The average molecular weight is 242 g/mol. The summed E-state index contributed by atoms with van der Waals surface area (Å²) in [7, 11) is 1.69. The summed E-state index contributed by atoms with van der Waals surface area (Å²) >= 11 is 0. The van der Waals surface area contributed by atoms with Crippen LogP contribution in [0.25, 0.3) is 0 Å². The molecule has 1 saturated carbocycles. The highest BCUT2D eigenvalue weighted by molar-refractivity contribution is 5.72. The summed E-state index contributed by atoms with van der Waals surface area (Å²) in [5, 5.41) is 0. The van der Waals surface area contributed by atoms with E-state index in [-0.39, 0.29) is 11.9 Å². The first kappa shape index (κ1) is 14.5. The van der Waals surface area contributed by atoms with Gasteiger partial charge in [0, 0.05) is 13.7 Å². The molecule has 0 radical (unpaired) electrons. The fourth-order valence-corrected chi connectivity index (χ4v) is 2.45. The molecule has 0 aromatic heterocycles. The Balaban J connectivity index is 2.08. The van der Waals surface area contributed by atoms with Crippen LogP contribution in [0.5, 0.6) is 0 Å². The molecule has 1 rings (SSSR count). The van der Waals surface area contributed by atoms with Crippen molar-refractivity contribution in [2.45, 2.75) is 51.9 Å². The van der Waals surface area contributed by atoms with Gasteiger partial charge in [-0.1, -0.05) is 13.3 Å². The van der Waals surface area contributed by atoms with E-state index in [0.717, 1.165) is 38.2 Å². The van der Waals surface area contributed by atoms with E-state index in [9.17, 15) is 4.79 Å². The van der Waals surface area contributed by atoms with Crippen LogP contribution in [-0.4, -0.2) is 26.3 Å². The van der Waals surface area contributed by atoms with Gasteiger partial charge in [0.1, 0.15) is 0 Å². The fraction of sp³-hybridized carbons (Fsp3) is 0.929. The van der Waals surface area contributed by atoms with E-state index in [1.54, 1.807) is 7.11 Å². The lowest BCUT2D eigenvalue weighted by Gasteiger charge is -2.26. The van der Waals surface area contributed by atoms with E-state index in [0.29, 0.717) is 6.61 Å². The lowest BCUT2D eigenvalue weighted by Crippen LogP contribution is -2.23. The summed E-state index contributed by atoms with van der Waals surface area (Å²) in [4.78, 5) is 11.8. The minimum atomic E-state index is 0.0250. The number of carbonyl (C=O) groups is 1. The molecular formula is C14H26O3. The Kier molecular flexibility index (Phi) is 7.25. The molecule has 0 aromatic rings. The van der Waals surface area contributed by atoms with Crippen LogP contribution in [0.2, 0.25) is 0 Å². The summed E-state index contributed by atoms with van der Waals surface area (Å²) in [6.45, 7) is 3.54. The van der Waals surface area contributed by atoms with Crippen LogP contribution < -0.4 is 0 Å². The second kappa shape index (κ2) is 8.51. The van der Waals surface area contributed by atoms with E-state index < -0.39 is 0 Å². The third kappa shape index (κ3) is 5.53. The highest BCUT2D eigenvalue weighted by Crippen LogP contribution is 2.31. The predicted octanol–water partition coefficient (Wildman–Crippen LogP) is 3.17. The largest absolute Gasteiger partial charge is 0.465 e. The molecule has 0 bridgehead atoms. The van der Waals surface area contributed by atoms with Gasteiger partial charge in [-0.05, 0) is 44.4 Å². The number of carbonyl (C=O) groups excluding carboxylic acids is 1. The summed E-state index contributed by atoms with van der Waals surface area (Å²) < 4.78 is 10.3. The molecule has 0 N–H and O–H groups in total. The summed E-state index contributed by atoms with van der Waals surface area (Å²) in [5.41, 5.74) is 0. The van der Waals surface area contributed by atoms with Gasteiger partial charge in [-0.3, -0.25) is 4.79 Å². The Labute approximate surface area is 105 Å². The first-order valence-electron chi connectivity index (χ1n) is 6.93. The van der Waals surface area contributed by atoms with Crippen LogP contribution in [0.4, 0.5) is 0 Å². The molecule has 1 fully saturated rings. The summed E-state index contributed by atoms with van der Waals surface area (Å²) in [6.07, 6.45) is 7.56. The Morgan fingerprint density at radius 1 is 1.12 bits per heavy atom. The Morgan fingerprint density at radius 2 is 1.76 bits per heavy atom. The van der Waals surface area contributed by atoms with Gasteiger partial charge in [-0.25, -0.2) is 0 Å². The number of unbranched alkanes of at least 4 members (excludes halogenated alkanes) is 1. The van der Waals surface area contributed by atoms with Crippen molar-refractivity contribution in [1.82, 2.24) is 0 Å². The van der Waals surface area contributed by atoms with Gasteiger partial charge < -0.3 is 9.47 Å². The minimum absolute atomic E-state index is 0.0250. The standard InChI is InChI=1S/C14H26O3/c1-3-12-6-8-13(9-7-12)14(15)17-11-5-4-10-16-2/h12-13H,3-11H2,1-2H3. The maximum absolute atomic E-state index is 11.8. The molecule has 1 aliphatic rings. The minimum Gasteiger partial charge on any atom is -0.465 e. The maximum Gasteiger partial charge on any atom is 0.308 e. The fourth-order valence-electron chi connectivity index (χ4n) is 2.45. The van der Waals surface area contributed by atoms with Crippen LogP contribution in [-0.2, 0) is 14.3 Å². The lowest BCUT2D eigenvalue weighted by molar-refractivity contribution is -0.150. The monoisotopic (exact) mass is 242 g/mol. The molecule has 0 amide bonds. The van der Waals surface area contributed by atoms with Gasteiger partial charge in [0.05, 0.1) is 12.5 Å². The van der Waals surface area contributed by atoms with Crippen molar-refractivity contribution in [1.29, 1.82) is 0 Å². The normalized spacial score (nSPS) is 24.6. The van der Waals surface area contributed by atoms with Gasteiger partial charge >= 0.3 is 5.97 Å². The molecule has 0 aromatic carbocycles. The van der Waals surface area contributed by atoms with Crippen LogP contribution in [0.15, 0.2) is 0 Å². The highest BCUT2D eigenvalue weighted by atomic mass is 16.5. The van der Waals surface area contributed by atoms with Crippen molar-refractivity contribution < 1.29 is 14.3 Å². The van der Waals surface area contributed by atoms with Gasteiger partial charge in [-0.2, -0.15) is 0 Å². The van der Waals surface area contributed by atoms with Crippen molar-refractivity contribution >= 4 is 5.97 Å². The Hall–Kier alpha value is -0.570.